The maximum atomic E-state index is 15.4. The number of piperidine rings is 2. The lowest BCUT2D eigenvalue weighted by Gasteiger charge is -2.46. The number of amides is 3. The molecule has 4 bridgehead atoms. The Kier molecular flexibility index (Phi) is 11.2. The largest absolute Gasteiger partial charge is 0.477 e. The molecule has 0 radical (unpaired) electrons. The van der Waals surface area contributed by atoms with E-state index in [9.17, 15) is 14.4 Å². The maximum absolute atomic E-state index is 15.4. The zero-order valence-electron chi connectivity index (χ0n) is 36.9. The van der Waals surface area contributed by atoms with E-state index in [-0.39, 0.29) is 36.4 Å². The smallest absolute Gasteiger partial charge is 0.258 e. The van der Waals surface area contributed by atoms with Crippen molar-refractivity contribution in [2.24, 2.45) is 18.9 Å². The third kappa shape index (κ3) is 8.17. The number of hydrogen-bond acceptors (Lipinski definition) is 10. The summed E-state index contributed by atoms with van der Waals surface area (Å²) in [6.45, 7) is 16.7. The number of imidazole rings is 1. The van der Waals surface area contributed by atoms with E-state index in [1.165, 1.54) is 12.1 Å². The van der Waals surface area contributed by atoms with Crippen LogP contribution in [0.2, 0.25) is 0 Å². The predicted molar refractivity (Wildman–Crippen MR) is 241 cm³/mol. The van der Waals surface area contributed by atoms with E-state index < -0.39 is 29.4 Å². The summed E-state index contributed by atoms with van der Waals surface area (Å²) in [5.74, 6) is -2.09. The fourth-order valence-electron chi connectivity index (χ4n) is 11.1. The van der Waals surface area contributed by atoms with Crippen molar-refractivity contribution >= 4 is 46.1 Å². The van der Waals surface area contributed by atoms with Gasteiger partial charge in [-0.2, -0.15) is 5.10 Å². The van der Waals surface area contributed by atoms with Gasteiger partial charge in [0, 0.05) is 87.0 Å². The van der Waals surface area contributed by atoms with Crippen LogP contribution in [-0.2, 0) is 23.2 Å². The van der Waals surface area contributed by atoms with Gasteiger partial charge in [-0.25, -0.2) is 25.0 Å². The van der Waals surface area contributed by atoms with Crippen LogP contribution < -0.4 is 25.2 Å². The number of carbonyl (C=O) groups excluding carboxylic acids is 3. The molecule has 65 heavy (non-hydrogen) atoms. The van der Waals surface area contributed by atoms with Crippen LogP contribution in [0.15, 0.2) is 42.5 Å². The Balaban J connectivity index is 0.865. The minimum Gasteiger partial charge on any atom is -0.477 e. The second-order valence-electron chi connectivity index (χ2n) is 18.5. The molecule has 3 aromatic heterocycles. The van der Waals surface area contributed by atoms with Crippen molar-refractivity contribution in [2.75, 3.05) is 61.0 Å². The maximum Gasteiger partial charge on any atom is 0.258 e. The average molecular weight is 886 g/mol. The Hall–Kier alpha value is -6.41. The molecule has 1 saturated carbocycles. The Bertz CT molecular complexity index is 2730. The molecule has 3 amide bonds. The van der Waals surface area contributed by atoms with Crippen LogP contribution in [0.25, 0.3) is 27.1 Å². The molecule has 3 saturated heterocycles. The van der Waals surface area contributed by atoms with Gasteiger partial charge in [0.1, 0.15) is 17.7 Å². The van der Waals surface area contributed by atoms with Crippen molar-refractivity contribution in [3.05, 3.63) is 88.0 Å². The number of piperazine rings is 1. The van der Waals surface area contributed by atoms with Gasteiger partial charge in [0.2, 0.25) is 30.2 Å². The molecule has 0 spiro atoms. The van der Waals surface area contributed by atoms with Crippen molar-refractivity contribution < 1.29 is 27.9 Å². The van der Waals surface area contributed by atoms with E-state index in [1.54, 1.807) is 16.8 Å². The molecule has 1 aliphatic carbocycles. The molecular formula is C48H53F2N11O4. The molecule has 2 aromatic carbocycles. The number of hydrogen-bond donors (Lipinski definition) is 2. The number of aromatic nitrogens is 5. The Morgan fingerprint density at radius 2 is 1.65 bits per heavy atom. The Labute approximate surface area is 375 Å². The van der Waals surface area contributed by atoms with Crippen molar-refractivity contribution in [1.82, 2.24) is 34.5 Å². The summed E-state index contributed by atoms with van der Waals surface area (Å²) < 4.78 is 41.3. The van der Waals surface area contributed by atoms with E-state index in [2.05, 4.69) is 47.1 Å². The molecule has 5 aromatic rings. The van der Waals surface area contributed by atoms with Crippen molar-refractivity contribution in [3.8, 4) is 17.1 Å². The molecule has 4 fully saturated rings. The van der Waals surface area contributed by atoms with Crippen molar-refractivity contribution in [2.45, 2.75) is 83.3 Å². The zero-order chi connectivity index (χ0) is 45.1. The first kappa shape index (κ1) is 42.5. The van der Waals surface area contributed by atoms with Gasteiger partial charge in [-0.15, -0.1) is 0 Å². The Morgan fingerprint density at radius 1 is 0.862 bits per heavy atom. The molecule has 4 atom stereocenters. The van der Waals surface area contributed by atoms with Gasteiger partial charge < -0.3 is 23.9 Å². The summed E-state index contributed by atoms with van der Waals surface area (Å²) >= 11 is 0. The van der Waals surface area contributed by atoms with Crippen LogP contribution >= 0.6 is 0 Å². The van der Waals surface area contributed by atoms with Crippen molar-refractivity contribution in [3.63, 3.8) is 0 Å². The van der Waals surface area contributed by atoms with E-state index >= 15 is 8.78 Å². The molecule has 5 aliphatic rings. The number of carbonyl (C=O) groups is 3. The van der Waals surface area contributed by atoms with Gasteiger partial charge in [-0.3, -0.25) is 34.9 Å². The quantitative estimate of drug-likeness (QED) is 0.151. The molecule has 10 rings (SSSR count). The van der Waals surface area contributed by atoms with E-state index in [0.29, 0.717) is 85.6 Å². The van der Waals surface area contributed by atoms with Crippen LogP contribution in [0.4, 0.5) is 26.1 Å². The first-order valence-electron chi connectivity index (χ1n) is 22.8. The number of nitrogens with zero attached hydrogens (tertiary/aromatic N) is 9. The van der Waals surface area contributed by atoms with E-state index in [0.717, 1.165) is 73.2 Å². The van der Waals surface area contributed by atoms with E-state index in [4.69, 9.17) is 21.3 Å². The van der Waals surface area contributed by atoms with Gasteiger partial charge in [0.15, 0.2) is 0 Å². The average Bonchev–Trinajstić information content (AvgIpc) is 3.96. The number of halogens is 2. The minimum absolute atomic E-state index is 0.0179. The third-order valence-corrected chi connectivity index (χ3v) is 14.3. The summed E-state index contributed by atoms with van der Waals surface area (Å²) in [5, 5.41) is 10.0. The van der Waals surface area contributed by atoms with Crippen LogP contribution in [0.3, 0.4) is 0 Å². The number of benzene rings is 2. The Morgan fingerprint density at radius 3 is 2.42 bits per heavy atom. The van der Waals surface area contributed by atoms with Gasteiger partial charge >= 0.3 is 0 Å². The van der Waals surface area contributed by atoms with Gasteiger partial charge in [0.05, 0.1) is 40.5 Å². The van der Waals surface area contributed by atoms with E-state index in [1.807, 2.05) is 31.9 Å². The SMILES string of the molecule is [C-]#[N+]C[C@H]1CN(c2ccc3nc4n(c3c2)C[C@@H]2CC[C@H](COc3c(c(C)nn3C)-c3cc(cc(C)n3)C(=O)N4)C2)CCN1C1CCN(c2cc(F)c([C@H]3CCC(=O)NC3=O)c(F)c2)CC1. The number of ether oxygens (including phenoxy) is 1. The summed E-state index contributed by atoms with van der Waals surface area (Å²) in [7, 11) is 1.88. The van der Waals surface area contributed by atoms with Crippen LogP contribution in [0.1, 0.15) is 78.2 Å². The third-order valence-electron chi connectivity index (χ3n) is 14.3. The standard InChI is InChI=1S/C48H53F2N11O4/c1-27-17-31-19-40(52-27)43-28(2)56-57(4)47(43)65-26-30-6-5-29(18-30)24-61-41-22-33(7-9-39(41)53-48(61)55-45(31)63)59-15-16-60(35(25-59)23-51-3)32-11-13-58(14-12-32)34-20-37(49)44(38(50)21-34)36-8-10-42(62)54-46(36)64/h7,9,17,19-22,29-30,32,35-36H,5-6,8,10-16,18,23-26H2,1-2,4H3,(H,53,55,63)(H,54,62,64)/t29-,30+,35+,36-/m1/s1. The van der Waals surface area contributed by atoms with Gasteiger partial charge in [-0.1, -0.05) is 0 Å². The minimum atomic E-state index is -1.04. The van der Waals surface area contributed by atoms with Gasteiger partial charge in [-0.05, 0) is 107 Å². The highest BCUT2D eigenvalue weighted by Gasteiger charge is 2.38. The number of fused-ring (bicyclic) bond motifs is 9. The number of rotatable bonds is 5. The van der Waals surface area contributed by atoms with Crippen LogP contribution in [0.5, 0.6) is 5.88 Å². The molecule has 17 heteroatoms. The fourth-order valence-corrected chi connectivity index (χ4v) is 11.1. The lowest BCUT2D eigenvalue weighted by atomic mass is 9.89. The highest BCUT2D eigenvalue weighted by atomic mass is 19.1. The lowest BCUT2D eigenvalue weighted by Crippen LogP contribution is -2.59. The lowest BCUT2D eigenvalue weighted by molar-refractivity contribution is -0.134. The molecule has 4 aliphatic heterocycles. The summed E-state index contributed by atoms with van der Waals surface area (Å²) in [5.41, 5.74) is 6.30. The first-order valence-corrected chi connectivity index (χ1v) is 22.8. The number of pyridine rings is 1. The molecule has 0 unspecified atom stereocenters. The number of anilines is 3. The topological polar surface area (TPSA) is 147 Å². The highest BCUT2D eigenvalue weighted by Crippen LogP contribution is 2.39. The molecule has 15 nitrogen and oxygen atoms in total. The summed E-state index contributed by atoms with van der Waals surface area (Å²) in [4.78, 5) is 58.6. The molecular weight excluding hydrogens is 833 g/mol. The molecule has 338 valence electrons. The number of aryl methyl sites for hydroxylation is 3. The summed E-state index contributed by atoms with van der Waals surface area (Å²) in [6, 6.07) is 12.7. The van der Waals surface area contributed by atoms with Crippen molar-refractivity contribution in [1.29, 1.82) is 0 Å². The van der Waals surface area contributed by atoms with Gasteiger partial charge in [0.25, 0.3) is 5.91 Å². The molecule has 2 N–H and O–H groups in total. The zero-order valence-corrected chi connectivity index (χ0v) is 36.9. The monoisotopic (exact) mass is 885 g/mol. The fraction of sp³-hybridized carbons (Fsp3) is 0.479. The second kappa shape index (κ2) is 17.2. The molecule has 7 heterocycles. The number of imide groups is 1. The summed E-state index contributed by atoms with van der Waals surface area (Å²) in [6.07, 6.45) is 4.69. The first-order chi connectivity index (χ1) is 31.4. The normalized spacial score (nSPS) is 23.2. The predicted octanol–water partition coefficient (Wildman–Crippen LogP) is 6.39. The highest BCUT2D eigenvalue weighted by molar-refractivity contribution is 6.05. The number of nitrogens with one attached hydrogen (secondary N) is 2. The second-order valence-corrected chi connectivity index (χ2v) is 18.5. The van der Waals surface area contributed by atoms with Crippen LogP contribution in [0, 0.1) is 43.9 Å². The van der Waals surface area contributed by atoms with Crippen LogP contribution in [-0.4, -0.2) is 105 Å².